The van der Waals surface area contributed by atoms with E-state index < -0.39 is 31.1 Å². The van der Waals surface area contributed by atoms with E-state index in [9.17, 15) is 20.1 Å². The summed E-state index contributed by atoms with van der Waals surface area (Å²) in [7, 11) is 1.70. The average molecular weight is 424 g/mol. The van der Waals surface area contributed by atoms with Gasteiger partial charge in [0.2, 0.25) is 0 Å². The van der Waals surface area contributed by atoms with Crippen molar-refractivity contribution in [3.05, 3.63) is 54.0 Å². The smallest absolute Gasteiger partial charge is 0.256 e. The van der Waals surface area contributed by atoms with Gasteiger partial charge in [0.25, 0.3) is 5.91 Å². The molecule has 0 unspecified atom stereocenters. The molecule has 5 rings (SSSR count). The summed E-state index contributed by atoms with van der Waals surface area (Å²) in [5, 5.41) is 39.5. The molecule has 0 spiro atoms. The van der Waals surface area contributed by atoms with Crippen molar-refractivity contribution in [1.82, 2.24) is 19.9 Å². The third-order valence-corrected chi connectivity index (χ3v) is 5.46. The van der Waals surface area contributed by atoms with Crippen LogP contribution in [0, 0.1) is 0 Å². The van der Waals surface area contributed by atoms with Gasteiger partial charge in [-0.1, -0.05) is 18.2 Å². The number of aliphatic hydroxyl groups is 3. The van der Waals surface area contributed by atoms with E-state index in [4.69, 9.17) is 4.74 Å². The third kappa shape index (κ3) is 3.06. The van der Waals surface area contributed by atoms with Crippen LogP contribution in [0.3, 0.4) is 0 Å². The van der Waals surface area contributed by atoms with Crippen molar-refractivity contribution in [1.29, 1.82) is 0 Å². The van der Waals surface area contributed by atoms with Gasteiger partial charge in [-0.05, 0) is 12.1 Å². The van der Waals surface area contributed by atoms with Gasteiger partial charge in [-0.25, -0.2) is 15.0 Å². The van der Waals surface area contributed by atoms with Crippen molar-refractivity contribution in [3.8, 4) is 0 Å². The fourth-order valence-electron chi connectivity index (χ4n) is 3.91. The Bertz CT molecular complexity index is 1180. The van der Waals surface area contributed by atoms with Gasteiger partial charge in [0.1, 0.15) is 30.3 Å². The van der Waals surface area contributed by atoms with Crippen molar-refractivity contribution in [2.24, 2.45) is 5.10 Å². The second kappa shape index (κ2) is 7.39. The number of benzene rings is 1. The number of hydrogen-bond acceptors (Lipinski definition) is 9. The van der Waals surface area contributed by atoms with E-state index >= 15 is 0 Å². The van der Waals surface area contributed by atoms with Gasteiger partial charge in [-0.3, -0.25) is 4.79 Å². The first-order chi connectivity index (χ1) is 15.0. The number of nitrogens with one attached hydrogen (secondary N) is 1. The lowest BCUT2D eigenvalue weighted by atomic mass is 10.1. The molecule has 160 valence electrons. The van der Waals surface area contributed by atoms with E-state index in [2.05, 4.69) is 20.4 Å². The van der Waals surface area contributed by atoms with Crippen molar-refractivity contribution < 1.29 is 24.9 Å². The highest BCUT2D eigenvalue weighted by Gasteiger charge is 2.44. The summed E-state index contributed by atoms with van der Waals surface area (Å²) >= 11 is 0. The molecule has 0 bridgehead atoms. The topological polar surface area (TPSA) is 145 Å². The lowest BCUT2D eigenvalue weighted by molar-refractivity contribution is -0.0508. The van der Waals surface area contributed by atoms with Crippen molar-refractivity contribution >= 4 is 28.6 Å². The van der Waals surface area contributed by atoms with Crippen LogP contribution in [0.4, 0.5) is 5.82 Å². The molecule has 3 aromatic rings. The molecule has 1 aromatic carbocycles. The molecular formula is C20H20N6O5. The maximum absolute atomic E-state index is 12.7. The number of carbonyl (C=O) groups is 1. The lowest BCUT2D eigenvalue weighted by Gasteiger charge is -2.21. The number of nitrogens with zero attached hydrogens (tertiary/aromatic N) is 5. The van der Waals surface area contributed by atoms with Crippen molar-refractivity contribution in [2.75, 3.05) is 18.7 Å². The highest BCUT2D eigenvalue weighted by Crippen LogP contribution is 2.37. The molecule has 4 heterocycles. The number of carbonyl (C=O) groups excluding carboxylic acids is 1. The number of hydrogen-bond donors (Lipinski definition) is 4. The quantitative estimate of drug-likeness (QED) is 0.444. The summed E-state index contributed by atoms with van der Waals surface area (Å²) in [5.41, 5.74) is 1.45. The molecule has 31 heavy (non-hydrogen) atoms. The molecule has 11 heteroatoms. The fraction of sp³-hybridized carbons (Fsp3) is 0.300. The Kier molecular flexibility index (Phi) is 4.67. The van der Waals surface area contributed by atoms with Gasteiger partial charge < -0.3 is 29.9 Å². The van der Waals surface area contributed by atoms with E-state index in [0.29, 0.717) is 28.0 Å². The van der Waals surface area contributed by atoms with E-state index in [1.807, 2.05) is 6.07 Å². The number of anilines is 1. The zero-order chi connectivity index (χ0) is 21.7. The molecule has 0 aliphatic carbocycles. The van der Waals surface area contributed by atoms with Gasteiger partial charge in [-0.2, -0.15) is 5.10 Å². The second-order valence-electron chi connectivity index (χ2n) is 7.37. The average Bonchev–Trinajstić information content (AvgIpc) is 3.31. The minimum Gasteiger partial charge on any atom is -0.394 e. The zero-order valence-corrected chi connectivity index (χ0v) is 16.5. The van der Waals surface area contributed by atoms with E-state index in [1.54, 1.807) is 42.1 Å². The van der Waals surface area contributed by atoms with E-state index in [0.717, 1.165) is 0 Å². The van der Waals surface area contributed by atoms with Crippen LogP contribution >= 0.6 is 0 Å². The Hall–Kier alpha value is -3.38. The molecule has 1 fully saturated rings. The Balaban J connectivity index is 1.58. The highest BCUT2D eigenvalue weighted by molar-refractivity contribution is 6.20. The lowest BCUT2D eigenvalue weighted by Crippen LogP contribution is -2.35. The monoisotopic (exact) mass is 424 g/mol. The number of aliphatic hydroxyl groups excluding tert-OH is 3. The molecule has 0 saturated carbocycles. The number of hydrazone groups is 1. The molecule has 11 nitrogen and oxygen atoms in total. The molecule has 2 aliphatic rings. The Morgan fingerprint density at radius 3 is 2.68 bits per heavy atom. The number of ether oxygens (including phenoxy) is 1. The molecule has 1 amide bonds. The van der Waals surface area contributed by atoms with E-state index in [-0.39, 0.29) is 11.7 Å². The normalized spacial score (nSPS) is 25.0. The fourth-order valence-corrected chi connectivity index (χ4v) is 3.91. The molecule has 0 radical (unpaired) electrons. The van der Waals surface area contributed by atoms with Crippen LogP contribution in [0.1, 0.15) is 22.1 Å². The zero-order valence-electron chi connectivity index (χ0n) is 16.5. The van der Waals surface area contributed by atoms with Gasteiger partial charge in [0.05, 0.1) is 17.6 Å². The molecular weight excluding hydrogens is 404 g/mol. The highest BCUT2D eigenvalue weighted by atomic mass is 16.6. The van der Waals surface area contributed by atoms with Gasteiger partial charge in [0, 0.05) is 18.8 Å². The Morgan fingerprint density at radius 1 is 1.19 bits per heavy atom. The van der Waals surface area contributed by atoms with E-state index in [1.165, 1.54) is 11.3 Å². The first-order valence-corrected chi connectivity index (χ1v) is 9.66. The van der Waals surface area contributed by atoms with Crippen LogP contribution in [-0.4, -0.2) is 73.6 Å². The maximum atomic E-state index is 12.7. The molecule has 2 aliphatic heterocycles. The predicted molar refractivity (Wildman–Crippen MR) is 109 cm³/mol. The number of rotatable bonds is 3. The summed E-state index contributed by atoms with van der Waals surface area (Å²) in [6.07, 6.45) is -1.45. The Labute approximate surface area is 176 Å². The van der Waals surface area contributed by atoms with Crippen molar-refractivity contribution in [3.63, 3.8) is 0 Å². The van der Waals surface area contributed by atoms with Crippen LogP contribution in [0.15, 0.2) is 48.0 Å². The predicted octanol–water partition coefficient (Wildman–Crippen LogP) is -0.416. The first-order valence-electron chi connectivity index (χ1n) is 9.66. The number of amides is 1. The SMILES string of the molecule is CN1N=C(NC(=O)c2ccccc2)c2cn([C@@H]3O[C@H](CO)[C@@H](O)[C@H]3O)c3ncnc1c23. The number of amidine groups is 1. The van der Waals surface area contributed by atoms with Gasteiger partial charge in [0.15, 0.2) is 17.9 Å². The summed E-state index contributed by atoms with van der Waals surface area (Å²) in [4.78, 5) is 21.3. The molecule has 1 saturated heterocycles. The van der Waals surface area contributed by atoms with Crippen LogP contribution in [-0.2, 0) is 4.74 Å². The number of aromatic nitrogens is 3. The third-order valence-electron chi connectivity index (χ3n) is 5.46. The summed E-state index contributed by atoms with van der Waals surface area (Å²) in [6.45, 7) is -0.441. The molecule has 4 N–H and O–H groups in total. The van der Waals surface area contributed by atoms with Crippen LogP contribution in [0.2, 0.25) is 0 Å². The van der Waals surface area contributed by atoms with Crippen LogP contribution < -0.4 is 10.3 Å². The van der Waals surface area contributed by atoms with Crippen molar-refractivity contribution in [2.45, 2.75) is 24.5 Å². The standard InChI is InChI=1S/C20H20N6O5/c1-25-17-13-11(16(24-25)23-19(30)10-5-3-2-4-6-10)7-26(18(13)22-9-21-17)20-15(29)14(28)12(8-27)31-20/h2-7,9,12,14-15,20,27-29H,8H2,1H3,(H,23,24,30)/t12-,14-,15-,20-/m1/s1. The van der Waals surface area contributed by atoms with Gasteiger partial charge >= 0.3 is 0 Å². The maximum Gasteiger partial charge on any atom is 0.256 e. The van der Waals surface area contributed by atoms with Crippen LogP contribution in [0.25, 0.3) is 11.0 Å². The Morgan fingerprint density at radius 2 is 1.97 bits per heavy atom. The summed E-state index contributed by atoms with van der Waals surface area (Å²) in [5.74, 6) is 0.471. The molecule has 2 aromatic heterocycles. The minimum atomic E-state index is -1.28. The van der Waals surface area contributed by atoms with Gasteiger partial charge in [-0.15, -0.1) is 0 Å². The minimum absolute atomic E-state index is 0.286. The second-order valence-corrected chi connectivity index (χ2v) is 7.37. The van der Waals surface area contributed by atoms with Crippen LogP contribution in [0.5, 0.6) is 0 Å². The first kappa shape index (κ1) is 19.6. The summed E-state index contributed by atoms with van der Waals surface area (Å²) < 4.78 is 7.23. The largest absolute Gasteiger partial charge is 0.394 e. The molecule has 4 atom stereocenters. The summed E-state index contributed by atoms with van der Waals surface area (Å²) in [6, 6.07) is 8.74.